The zero-order valence-corrected chi connectivity index (χ0v) is 38.3. The summed E-state index contributed by atoms with van der Waals surface area (Å²) in [5.41, 5.74) is 30.5. The van der Waals surface area contributed by atoms with Crippen molar-refractivity contribution in [3.63, 3.8) is 0 Å². The second-order valence-electron chi connectivity index (χ2n) is 18.5. The van der Waals surface area contributed by atoms with Crippen LogP contribution >= 0.6 is 0 Å². The first-order valence-electron chi connectivity index (χ1n) is 22.1. The first kappa shape index (κ1) is 39.6. The summed E-state index contributed by atoms with van der Waals surface area (Å²) in [6, 6.07) is 45.5. The average Bonchev–Trinajstić information content (AvgIpc) is 3.80. The van der Waals surface area contributed by atoms with Crippen LogP contribution in [0.5, 0.6) is 0 Å². The summed E-state index contributed by atoms with van der Waals surface area (Å²) in [4.78, 5) is 9.72. The van der Waals surface area contributed by atoms with E-state index < -0.39 is 0 Å². The van der Waals surface area contributed by atoms with Crippen molar-refractivity contribution in [2.45, 2.75) is 80.1 Å². The lowest BCUT2D eigenvalue weighted by atomic mass is 9.70. The molecule has 11 rings (SSSR count). The zero-order chi connectivity index (χ0) is 43.6. The lowest BCUT2D eigenvalue weighted by Gasteiger charge is -2.30. The summed E-state index contributed by atoms with van der Waals surface area (Å²) in [6.07, 6.45) is 0. The van der Waals surface area contributed by atoms with Gasteiger partial charge in [-0.05, 0) is 132 Å². The van der Waals surface area contributed by atoms with Crippen molar-refractivity contribution in [1.82, 2.24) is 9.97 Å². The number of rotatable bonds is 2. The lowest BCUT2D eigenvalue weighted by molar-refractivity contribution is -0.668. The summed E-state index contributed by atoms with van der Waals surface area (Å²) < 4.78 is 4.61. The van der Waals surface area contributed by atoms with Crippen molar-refractivity contribution in [1.29, 1.82) is 0 Å². The molecule has 0 atom stereocenters. The fourth-order valence-corrected chi connectivity index (χ4v) is 11.4. The first-order valence-corrected chi connectivity index (χ1v) is 22.1. The van der Waals surface area contributed by atoms with E-state index in [2.05, 4.69) is 214 Å². The summed E-state index contributed by atoms with van der Waals surface area (Å²) in [7, 11) is 4.32. The normalized spacial score (nSPS) is 14.1. The zero-order valence-electron chi connectivity index (χ0n) is 38.3. The number of nitrogens with zero attached hydrogens (tertiary/aromatic N) is 4. The Morgan fingerprint density at radius 2 is 0.694 bits per heavy atom. The molecule has 6 aromatic carbocycles. The predicted octanol–water partition coefficient (Wildman–Crippen LogP) is 12.3. The second-order valence-corrected chi connectivity index (χ2v) is 18.5. The molecule has 2 aromatic heterocycles. The van der Waals surface area contributed by atoms with Gasteiger partial charge in [0.05, 0.1) is 16.5 Å². The highest BCUT2D eigenvalue weighted by molar-refractivity contribution is 5.96. The molecule has 4 heteroatoms. The van der Waals surface area contributed by atoms with E-state index in [9.17, 15) is 0 Å². The van der Waals surface area contributed by atoms with Crippen LogP contribution in [-0.2, 0) is 24.9 Å². The van der Waals surface area contributed by atoms with Gasteiger partial charge in [0.2, 0.25) is 11.4 Å². The van der Waals surface area contributed by atoms with E-state index in [-0.39, 0.29) is 10.8 Å². The van der Waals surface area contributed by atoms with Gasteiger partial charge in [0, 0.05) is 19.3 Å². The van der Waals surface area contributed by atoms with Gasteiger partial charge in [-0.15, -0.1) is 0 Å². The summed E-state index contributed by atoms with van der Waals surface area (Å²) in [5.74, 6) is 0. The van der Waals surface area contributed by atoms with Crippen molar-refractivity contribution >= 4 is 0 Å². The molecule has 62 heavy (non-hydrogen) atoms. The quantitative estimate of drug-likeness (QED) is 0.163. The maximum Gasteiger partial charge on any atom is 0.234 e. The van der Waals surface area contributed by atoms with E-state index >= 15 is 0 Å². The molecule has 0 bridgehead atoms. The van der Waals surface area contributed by atoms with Crippen molar-refractivity contribution in [2.75, 3.05) is 0 Å². The molecule has 0 amide bonds. The number of hydrogen-bond donors (Lipinski definition) is 0. The molecule has 3 aliphatic carbocycles. The highest BCUT2D eigenvalue weighted by Crippen LogP contribution is 2.63. The van der Waals surface area contributed by atoms with Crippen LogP contribution in [0.15, 0.2) is 121 Å². The molecule has 1 spiro atoms. The van der Waals surface area contributed by atoms with Gasteiger partial charge in [0.25, 0.3) is 0 Å². The molecule has 0 fully saturated rings. The number of fused-ring (bicyclic) bond motifs is 13. The summed E-state index contributed by atoms with van der Waals surface area (Å²) in [5, 5.41) is 0. The molecule has 0 saturated heterocycles. The Morgan fingerprint density at radius 1 is 0.355 bits per heavy atom. The molecule has 3 aliphatic rings. The molecule has 0 N–H and O–H groups in total. The van der Waals surface area contributed by atoms with Crippen LogP contribution in [0.2, 0.25) is 0 Å². The van der Waals surface area contributed by atoms with Gasteiger partial charge in [0.1, 0.15) is 36.9 Å². The standard InChI is InChI=1S/C34H29N2.C24H27N2/c1-20-18-28-26-14-8-11-17-31(26)34(29-15-9-6-12-24(29)25-13-7-10-16-30(25)34)32(28)19-27(20)33-22(3)35-21(2)23(4)36(33)5;1-14-12-20-18-10-8-9-11-21(18)24(5,6)22(20)13-19(14)23-16(3)25-15(2)17(4)26(23)7/h6-19H,1-5H3;8-13H,1-7H3/q2*+1. The van der Waals surface area contributed by atoms with Gasteiger partial charge < -0.3 is 0 Å². The number of aromatic nitrogens is 4. The fraction of sp³-hybridized carbons (Fsp3) is 0.241. The molecular weight excluding hydrogens is 753 g/mol. The number of hydrogen-bond acceptors (Lipinski definition) is 2. The maximum absolute atomic E-state index is 4.92. The van der Waals surface area contributed by atoms with E-state index in [1.54, 1.807) is 0 Å². The predicted molar refractivity (Wildman–Crippen MR) is 253 cm³/mol. The molecule has 0 radical (unpaired) electrons. The van der Waals surface area contributed by atoms with E-state index in [1.165, 1.54) is 112 Å². The SMILES string of the molecule is Cc1cc2c(cc1-c1c(C)nc(C)c(C)[n+]1C)C(C)(C)c1ccccc1-2.Cc1cc2c(cc1-c1c(C)nc(C)c(C)[n+]1C)C1(c3ccccc3-c3ccccc31)c1ccccc1-2. The van der Waals surface area contributed by atoms with Gasteiger partial charge in [0.15, 0.2) is 11.4 Å². The Bertz CT molecular complexity index is 3170. The van der Waals surface area contributed by atoms with Gasteiger partial charge >= 0.3 is 0 Å². The van der Waals surface area contributed by atoms with E-state index in [1.807, 2.05) is 0 Å². The average molecular weight is 809 g/mol. The van der Waals surface area contributed by atoms with Gasteiger partial charge in [-0.3, -0.25) is 0 Å². The second kappa shape index (κ2) is 14.0. The van der Waals surface area contributed by atoms with Crippen molar-refractivity contribution in [3.8, 4) is 55.9 Å². The Balaban J connectivity index is 0.000000156. The van der Waals surface area contributed by atoms with E-state index in [0.29, 0.717) is 0 Å². The van der Waals surface area contributed by atoms with Crippen LogP contribution in [0, 0.1) is 55.4 Å². The Hall–Kier alpha value is -6.52. The summed E-state index contributed by atoms with van der Waals surface area (Å²) in [6.45, 7) is 21.9. The Morgan fingerprint density at radius 3 is 1.13 bits per heavy atom. The molecule has 8 aromatic rings. The van der Waals surface area contributed by atoms with Crippen LogP contribution < -0.4 is 9.13 Å². The van der Waals surface area contributed by atoms with Crippen LogP contribution in [0.25, 0.3) is 55.9 Å². The lowest BCUT2D eigenvalue weighted by Crippen LogP contribution is -2.37. The third-order valence-electron chi connectivity index (χ3n) is 14.9. The van der Waals surface area contributed by atoms with Gasteiger partial charge in [-0.2, -0.15) is 9.13 Å². The minimum Gasteiger partial charge on any atom is -0.245 e. The van der Waals surface area contributed by atoms with Gasteiger partial charge in [-0.1, -0.05) is 123 Å². The Labute approximate surface area is 367 Å². The van der Waals surface area contributed by atoms with Crippen molar-refractivity contribution < 1.29 is 9.13 Å². The molecule has 0 unspecified atom stereocenters. The number of aryl methyl sites for hydroxylation is 6. The third-order valence-corrected chi connectivity index (χ3v) is 14.9. The van der Waals surface area contributed by atoms with Gasteiger partial charge in [-0.25, -0.2) is 9.97 Å². The van der Waals surface area contributed by atoms with Crippen LogP contribution in [0.1, 0.15) is 92.5 Å². The maximum atomic E-state index is 4.92. The minimum absolute atomic E-state index is 0.0218. The smallest absolute Gasteiger partial charge is 0.234 e. The molecular formula is C58H56N4+2. The van der Waals surface area contributed by atoms with Crippen molar-refractivity contribution in [3.05, 3.63) is 200 Å². The largest absolute Gasteiger partial charge is 0.245 e. The topological polar surface area (TPSA) is 33.5 Å². The molecule has 2 heterocycles. The fourth-order valence-electron chi connectivity index (χ4n) is 11.4. The highest BCUT2D eigenvalue weighted by Gasteiger charge is 2.52. The van der Waals surface area contributed by atoms with E-state index in [0.717, 1.165) is 22.8 Å². The first-order chi connectivity index (χ1) is 29.7. The Kier molecular flexibility index (Phi) is 8.95. The highest BCUT2D eigenvalue weighted by atomic mass is 15.0. The molecule has 306 valence electrons. The molecule has 0 saturated carbocycles. The molecule has 0 aliphatic heterocycles. The summed E-state index contributed by atoms with van der Waals surface area (Å²) >= 11 is 0. The van der Waals surface area contributed by atoms with Crippen LogP contribution in [-0.4, -0.2) is 9.97 Å². The monoisotopic (exact) mass is 808 g/mol. The van der Waals surface area contributed by atoms with Crippen molar-refractivity contribution in [2.24, 2.45) is 14.1 Å². The van der Waals surface area contributed by atoms with Crippen LogP contribution in [0.3, 0.4) is 0 Å². The molecule has 4 nitrogen and oxygen atoms in total. The van der Waals surface area contributed by atoms with Crippen LogP contribution in [0.4, 0.5) is 0 Å². The third kappa shape index (κ3) is 5.38. The van der Waals surface area contributed by atoms with E-state index in [4.69, 9.17) is 9.97 Å². The minimum atomic E-state index is -0.318. The number of benzene rings is 6.